The van der Waals surface area contributed by atoms with Crippen LogP contribution in [0.3, 0.4) is 0 Å². The van der Waals surface area contributed by atoms with Gasteiger partial charge in [0, 0.05) is 20.2 Å². The fourth-order valence-electron chi connectivity index (χ4n) is 1.62. The smallest absolute Gasteiger partial charge is 0.387 e. The number of hydrogen-bond donors (Lipinski definition) is 2. The molecule has 0 aromatic heterocycles. The fraction of sp³-hybridized carbons (Fsp3) is 0.500. The normalized spacial score (nSPS) is 10.7. The van der Waals surface area contributed by atoms with E-state index < -0.39 is 6.61 Å². The van der Waals surface area contributed by atoms with Crippen molar-refractivity contribution in [1.82, 2.24) is 10.6 Å². The van der Waals surface area contributed by atoms with E-state index in [1.54, 1.807) is 19.2 Å². The molecule has 7 heteroatoms. The molecule has 1 amide bonds. The summed E-state index contributed by atoms with van der Waals surface area (Å²) >= 11 is 0. The Hall–Kier alpha value is -1.73. The van der Waals surface area contributed by atoms with E-state index in [-0.39, 0.29) is 18.2 Å². The minimum Gasteiger partial charge on any atom is -0.435 e. The van der Waals surface area contributed by atoms with Crippen molar-refractivity contribution >= 4 is 5.91 Å². The van der Waals surface area contributed by atoms with Crippen molar-refractivity contribution in [2.24, 2.45) is 0 Å². The van der Waals surface area contributed by atoms with Gasteiger partial charge in [-0.05, 0) is 24.1 Å². The van der Waals surface area contributed by atoms with Crippen LogP contribution in [0.5, 0.6) is 5.75 Å². The molecule has 21 heavy (non-hydrogen) atoms. The highest BCUT2D eigenvalue weighted by molar-refractivity contribution is 5.77. The Kier molecular flexibility index (Phi) is 8.30. The molecule has 1 aromatic carbocycles. The summed E-state index contributed by atoms with van der Waals surface area (Å²) < 4.78 is 33.1. The number of carbonyl (C=O) groups excluding carboxylic acids is 1. The lowest BCUT2D eigenvalue weighted by molar-refractivity contribution is -0.120. The molecule has 2 N–H and O–H groups in total. The van der Waals surface area contributed by atoms with E-state index in [9.17, 15) is 13.6 Å². The monoisotopic (exact) mass is 302 g/mol. The van der Waals surface area contributed by atoms with Gasteiger partial charge in [0.15, 0.2) is 0 Å². The Bertz CT molecular complexity index is 413. The Morgan fingerprint density at radius 2 is 1.95 bits per heavy atom. The number of benzene rings is 1. The van der Waals surface area contributed by atoms with Crippen LogP contribution in [-0.2, 0) is 16.0 Å². The highest BCUT2D eigenvalue weighted by Crippen LogP contribution is 2.14. The zero-order valence-electron chi connectivity index (χ0n) is 11.9. The largest absolute Gasteiger partial charge is 0.435 e. The molecule has 0 atom stereocenters. The molecular formula is C14H20F2N2O3. The summed E-state index contributed by atoms with van der Waals surface area (Å²) in [5.41, 5.74) is 0.934. The van der Waals surface area contributed by atoms with Gasteiger partial charge in [0.25, 0.3) is 0 Å². The lowest BCUT2D eigenvalue weighted by atomic mass is 10.1. The summed E-state index contributed by atoms with van der Waals surface area (Å²) in [5.74, 6) is 0.0314. The van der Waals surface area contributed by atoms with Crippen molar-refractivity contribution in [1.29, 1.82) is 0 Å². The topological polar surface area (TPSA) is 59.6 Å². The molecule has 0 unspecified atom stereocenters. The maximum absolute atomic E-state index is 12.0. The highest BCUT2D eigenvalue weighted by atomic mass is 19.3. The minimum absolute atomic E-state index is 0.0937. The van der Waals surface area contributed by atoms with Crippen molar-refractivity contribution in [3.63, 3.8) is 0 Å². The molecular weight excluding hydrogens is 282 g/mol. The van der Waals surface area contributed by atoms with Crippen molar-refractivity contribution < 1.29 is 23.0 Å². The predicted molar refractivity (Wildman–Crippen MR) is 74.5 cm³/mol. The van der Waals surface area contributed by atoms with Crippen LogP contribution in [0, 0.1) is 0 Å². The SMILES string of the molecule is COCCNCC(=O)NCCc1ccc(OC(F)F)cc1. The number of halogens is 2. The van der Waals surface area contributed by atoms with Gasteiger partial charge in [-0.2, -0.15) is 8.78 Å². The molecule has 0 radical (unpaired) electrons. The van der Waals surface area contributed by atoms with Crippen molar-refractivity contribution in [3.8, 4) is 5.75 Å². The van der Waals surface area contributed by atoms with Crippen LogP contribution in [0.4, 0.5) is 8.78 Å². The van der Waals surface area contributed by atoms with Gasteiger partial charge in [-0.3, -0.25) is 4.79 Å². The molecule has 0 fully saturated rings. The zero-order valence-corrected chi connectivity index (χ0v) is 11.9. The van der Waals surface area contributed by atoms with Crippen LogP contribution in [-0.4, -0.2) is 45.9 Å². The molecule has 0 saturated heterocycles. The number of hydrogen-bond acceptors (Lipinski definition) is 4. The Morgan fingerprint density at radius 1 is 1.24 bits per heavy atom. The number of carbonyl (C=O) groups is 1. The first-order valence-electron chi connectivity index (χ1n) is 6.62. The highest BCUT2D eigenvalue weighted by Gasteiger charge is 2.04. The van der Waals surface area contributed by atoms with Gasteiger partial charge in [-0.25, -0.2) is 0 Å². The number of rotatable bonds is 10. The maximum Gasteiger partial charge on any atom is 0.387 e. The van der Waals surface area contributed by atoms with Gasteiger partial charge < -0.3 is 20.1 Å². The van der Waals surface area contributed by atoms with Crippen LogP contribution in [0.25, 0.3) is 0 Å². The third kappa shape index (κ3) is 8.21. The standard InChI is InChI=1S/C14H20F2N2O3/c1-20-9-8-17-10-13(19)18-7-6-11-2-4-12(5-3-11)21-14(15)16/h2-5,14,17H,6-10H2,1H3,(H,18,19). The lowest BCUT2D eigenvalue weighted by Gasteiger charge is -2.08. The summed E-state index contributed by atoms with van der Waals surface area (Å²) in [4.78, 5) is 11.5. The van der Waals surface area contributed by atoms with E-state index in [1.165, 1.54) is 12.1 Å². The molecule has 5 nitrogen and oxygen atoms in total. The van der Waals surface area contributed by atoms with Crippen molar-refractivity contribution in [2.75, 3.05) is 33.4 Å². The fourth-order valence-corrected chi connectivity index (χ4v) is 1.62. The molecule has 1 rings (SSSR count). The van der Waals surface area contributed by atoms with Crippen LogP contribution < -0.4 is 15.4 Å². The van der Waals surface area contributed by atoms with Gasteiger partial charge in [0.05, 0.1) is 13.2 Å². The van der Waals surface area contributed by atoms with E-state index in [0.29, 0.717) is 26.1 Å². The van der Waals surface area contributed by atoms with E-state index in [0.717, 1.165) is 5.56 Å². The van der Waals surface area contributed by atoms with Gasteiger partial charge in [-0.15, -0.1) is 0 Å². The molecule has 0 aliphatic rings. The van der Waals surface area contributed by atoms with E-state index >= 15 is 0 Å². The van der Waals surface area contributed by atoms with E-state index in [1.807, 2.05) is 0 Å². The first-order chi connectivity index (χ1) is 10.1. The first-order valence-corrected chi connectivity index (χ1v) is 6.62. The zero-order chi connectivity index (χ0) is 15.5. The average Bonchev–Trinajstić information content (AvgIpc) is 2.45. The van der Waals surface area contributed by atoms with E-state index in [2.05, 4.69) is 15.4 Å². The average molecular weight is 302 g/mol. The number of methoxy groups -OCH3 is 1. The second-order valence-electron chi connectivity index (χ2n) is 4.29. The summed E-state index contributed by atoms with van der Waals surface area (Å²) in [6.07, 6.45) is 0.624. The molecule has 118 valence electrons. The lowest BCUT2D eigenvalue weighted by Crippen LogP contribution is -2.36. The van der Waals surface area contributed by atoms with Crippen LogP contribution in [0.15, 0.2) is 24.3 Å². The van der Waals surface area contributed by atoms with Gasteiger partial charge in [-0.1, -0.05) is 12.1 Å². The molecule has 0 bridgehead atoms. The predicted octanol–water partition coefficient (Wildman–Crippen LogP) is 1.18. The maximum atomic E-state index is 12.0. The Balaban J connectivity index is 2.18. The number of alkyl halides is 2. The molecule has 0 aliphatic heterocycles. The third-order valence-corrected chi connectivity index (χ3v) is 2.65. The van der Waals surface area contributed by atoms with Gasteiger partial charge >= 0.3 is 6.61 Å². The molecule has 0 spiro atoms. The minimum atomic E-state index is -2.82. The molecule has 0 aliphatic carbocycles. The number of ether oxygens (including phenoxy) is 2. The quantitative estimate of drug-likeness (QED) is 0.637. The van der Waals surface area contributed by atoms with Crippen LogP contribution in [0.2, 0.25) is 0 Å². The Morgan fingerprint density at radius 3 is 2.57 bits per heavy atom. The number of nitrogens with one attached hydrogen (secondary N) is 2. The second kappa shape index (κ2) is 10.1. The van der Waals surface area contributed by atoms with Gasteiger partial charge in [0.1, 0.15) is 5.75 Å². The molecule has 1 aromatic rings. The molecule has 0 heterocycles. The summed E-state index contributed by atoms with van der Waals surface area (Å²) in [6.45, 7) is -0.916. The Labute approximate surface area is 122 Å². The van der Waals surface area contributed by atoms with E-state index in [4.69, 9.17) is 4.74 Å². The number of amides is 1. The van der Waals surface area contributed by atoms with Crippen LogP contribution in [0.1, 0.15) is 5.56 Å². The van der Waals surface area contributed by atoms with Crippen molar-refractivity contribution in [2.45, 2.75) is 13.0 Å². The van der Waals surface area contributed by atoms with Crippen molar-refractivity contribution in [3.05, 3.63) is 29.8 Å². The van der Waals surface area contributed by atoms with Crippen LogP contribution >= 0.6 is 0 Å². The first kappa shape index (κ1) is 17.3. The second-order valence-corrected chi connectivity index (χ2v) is 4.29. The molecule has 0 saturated carbocycles. The van der Waals surface area contributed by atoms with Gasteiger partial charge in [0.2, 0.25) is 5.91 Å². The summed E-state index contributed by atoms with van der Waals surface area (Å²) in [6, 6.07) is 6.35. The summed E-state index contributed by atoms with van der Waals surface area (Å²) in [5, 5.41) is 5.70. The third-order valence-electron chi connectivity index (χ3n) is 2.65. The summed E-state index contributed by atoms with van der Waals surface area (Å²) in [7, 11) is 1.60.